The highest BCUT2D eigenvalue weighted by Gasteiger charge is 2.32. The third kappa shape index (κ3) is 5.65. The highest BCUT2D eigenvalue weighted by molar-refractivity contribution is 5.95. The molecule has 1 aliphatic carbocycles. The van der Waals surface area contributed by atoms with E-state index in [9.17, 15) is 27.2 Å². The van der Waals surface area contributed by atoms with Gasteiger partial charge in [0.05, 0.1) is 28.3 Å². The fourth-order valence-corrected chi connectivity index (χ4v) is 5.20. The van der Waals surface area contributed by atoms with Crippen molar-refractivity contribution in [2.45, 2.75) is 38.0 Å². The van der Waals surface area contributed by atoms with Gasteiger partial charge < -0.3 is 14.5 Å². The van der Waals surface area contributed by atoms with E-state index in [1.165, 1.54) is 17.0 Å². The van der Waals surface area contributed by atoms with Crippen LogP contribution in [-0.2, 0) is 12.6 Å². The summed E-state index contributed by atoms with van der Waals surface area (Å²) in [5.74, 6) is -0.370. The van der Waals surface area contributed by atoms with Crippen LogP contribution in [0.5, 0.6) is 5.75 Å². The minimum Gasteiger partial charge on any atom is -0.490 e. The first-order valence-electron chi connectivity index (χ1n) is 13.7. The zero-order chi connectivity index (χ0) is 29.4. The summed E-state index contributed by atoms with van der Waals surface area (Å²) < 4.78 is 60.2. The van der Waals surface area contributed by atoms with E-state index in [-0.39, 0.29) is 55.6 Å². The molecule has 6 rings (SSSR count). The van der Waals surface area contributed by atoms with Gasteiger partial charge in [0, 0.05) is 44.2 Å². The summed E-state index contributed by atoms with van der Waals surface area (Å²) in [7, 11) is 0. The molecule has 2 aromatic carbocycles. The molecule has 1 amide bonds. The molecule has 0 bridgehead atoms. The van der Waals surface area contributed by atoms with E-state index < -0.39 is 23.5 Å². The molecule has 0 radical (unpaired) electrons. The SMILES string of the molecule is O=C(c1cc(Cc2n[nH]c(=O)c3ccc(OC4CCC4)cc23)ccc1F)N1CCN(c2cc(C(F)(F)F)ccn2)CC1. The Morgan fingerprint density at radius 1 is 1.00 bits per heavy atom. The third-order valence-corrected chi connectivity index (χ3v) is 7.79. The first kappa shape index (κ1) is 27.7. The summed E-state index contributed by atoms with van der Waals surface area (Å²) >= 11 is 0. The fourth-order valence-electron chi connectivity index (χ4n) is 5.20. The predicted molar refractivity (Wildman–Crippen MR) is 147 cm³/mol. The summed E-state index contributed by atoms with van der Waals surface area (Å²) in [5.41, 5.74) is -0.0652. The summed E-state index contributed by atoms with van der Waals surface area (Å²) in [6.07, 6.45) is 0.119. The molecule has 4 aromatic rings. The van der Waals surface area contributed by atoms with E-state index in [0.717, 1.165) is 37.6 Å². The average molecular weight is 582 g/mol. The molecule has 2 aliphatic rings. The van der Waals surface area contributed by atoms with Crippen LogP contribution in [0.3, 0.4) is 0 Å². The molecule has 8 nitrogen and oxygen atoms in total. The van der Waals surface area contributed by atoms with Crippen molar-refractivity contribution in [3.05, 3.63) is 93.3 Å². The quantitative estimate of drug-likeness (QED) is 0.324. The zero-order valence-electron chi connectivity index (χ0n) is 22.5. The fraction of sp³-hybridized carbons (Fsp3) is 0.333. The largest absolute Gasteiger partial charge is 0.490 e. The molecule has 0 atom stereocenters. The van der Waals surface area contributed by atoms with Gasteiger partial charge in [-0.05, 0) is 67.3 Å². The monoisotopic (exact) mass is 581 g/mol. The van der Waals surface area contributed by atoms with E-state index in [1.807, 2.05) is 0 Å². The van der Waals surface area contributed by atoms with Gasteiger partial charge in [-0.1, -0.05) is 6.07 Å². The van der Waals surface area contributed by atoms with Crippen LogP contribution in [0, 0.1) is 5.82 Å². The van der Waals surface area contributed by atoms with Gasteiger partial charge in [0.2, 0.25) is 0 Å². The van der Waals surface area contributed by atoms with Crippen LogP contribution < -0.4 is 15.2 Å². The van der Waals surface area contributed by atoms with Crippen molar-refractivity contribution in [2.24, 2.45) is 0 Å². The summed E-state index contributed by atoms with van der Waals surface area (Å²) in [4.78, 5) is 32.9. The van der Waals surface area contributed by atoms with Crippen LogP contribution in [-0.4, -0.2) is 58.3 Å². The number of benzene rings is 2. The van der Waals surface area contributed by atoms with Gasteiger partial charge in [0.25, 0.3) is 11.5 Å². The zero-order valence-corrected chi connectivity index (χ0v) is 22.5. The topological polar surface area (TPSA) is 91.4 Å². The van der Waals surface area contributed by atoms with Crippen molar-refractivity contribution < 1.29 is 27.1 Å². The Labute approximate surface area is 237 Å². The second kappa shape index (κ2) is 11.1. The molecular weight excluding hydrogens is 554 g/mol. The molecule has 42 heavy (non-hydrogen) atoms. The number of H-pyrrole nitrogens is 1. The number of ether oxygens (including phenoxy) is 1. The number of anilines is 1. The van der Waals surface area contributed by atoms with Crippen LogP contribution in [0.15, 0.2) is 59.5 Å². The number of nitrogens with zero attached hydrogens (tertiary/aromatic N) is 4. The van der Waals surface area contributed by atoms with Gasteiger partial charge in [-0.25, -0.2) is 14.5 Å². The van der Waals surface area contributed by atoms with Gasteiger partial charge in [-0.15, -0.1) is 0 Å². The van der Waals surface area contributed by atoms with Crippen molar-refractivity contribution in [3.8, 4) is 5.75 Å². The first-order valence-corrected chi connectivity index (χ1v) is 13.7. The smallest absolute Gasteiger partial charge is 0.416 e. The van der Waals surface area contributed by atoms with Gasteiger partial charge >= 0.3 is 6.18 Å². The second-order valence-electron chi connectivity index (χ2n) is 10.5. The summed E-state index contributed by atoms with van der Waals surface area (Å²) in [6, 6.07) is 11.4. The number of hydrogen-bond donors (Lipinski definition) is 1. The Balaban J connectivity index is 1.18. The lowest BCUT2D eigenvalue weighted by Gasteiger charge is -2.35. The van der Waals surface area contributed by atoms with Crippen LogP contribution in [0.2, 0.25) is 0 Å². The Morgan fingerprint density at radius 2 is 1.79 bits per heavy atom. The second-order valence-corrected chi connectivity index (χ2v) is 10.5. The third-order valence-electron chi connectivity index (χ3n) is 7.79. The average Bonchev–Trinajstić information content (AvgIpc) is 2.97. The number of nitrogens with one attached hydrogen (secondary N) is 1. The first-order chi connectivity index (χ1) is 20.2. The predicted octanol–water partition coefficient (Wildman–Crippen LogP) is 4.96. The Hall–Kier alpha value is -4.48. The number of amides is 1. The molecule has 12 heteroatoms. The van der Waals surface area contributed by atoms with Crippen molar-refractivity contribution in [1.82, 2.24) is 20.1 Å². The number of piperazine rings is 1. The molecular formula is C30H27F4N5O3. The van der Waals surface area contributed by atoms with Crippen molar-refractivity contribution in [1.29, 1.82) is 0 Å². The molecule has 2 fully saturated rings. The summed E-state index contributed by atoms with van der Waals surface area (Å²) in [6.45, 7) is 0.881. The molecule has 2 aromatic heterocycles. The molecule has 0 unspecified atom stereocenters. The standard InChI is InChI=1S/C30H27F4N5O3/c31-25-7-4-18(15-26-23-17-21(42-20-2-1-3-20)5-6-22(23)28(40)37-36-26)14-24(25)29(41)39-12-10-38(11-13-39)27-16-19(8-9-35-27)30(32,33)34/h4-9,14,16-17,20H,1-3,10-13,15H2,(H,37,40). The highest BCUT2D eigenvalue weighted by atomic mass is 19.4. The van der Waals surface area contributed by atoms with Gasteiger partial charge in [0.15, 0.2) is 0 Å². The van der Waals surface area contributed by atoms with E-state index in [2.05, 4.69) is 15.2 Å². The Bertz CT molecular complexity index is 1690. The summed E-state index contributed by atoms with van der Waals surface area (Å²) in [5, 5.41) is 7.81. The van der Waals surface area contributed by atoms with Crippen LogP contribution in [0.1, 0.15) is 46.4 Å². The lowest BCUT2D eigenvalue weighted by atomic mass is 9.96. The lowest BCUT2D eigenvalue weighted by Crippen LogP contribution is -2.49. The lowest BCUT2D eigenvalue weighted by molar-refractivity contribution is -0.137. The van der Waals surface area contributed by atoms with Crippen LogP contribution >= 0.6 is 0 Å². The highest BCUT2D eigenvalue weighted by Crippen LogP contribution is 2.31. The van der Waals surface area contributed by atoms with Gasteiger partial charge in [0.1, 0.15) is 17.4 Å². The Morgan fingerprint density at radius 3 is 2.50 bits per heavy atom. The normalized spacial score (nSPS) is 16.0. The number of hydrogen-bond acceptors (Lipinski definition) is 6. The number of carbonyl (C=O) groups excluding carboxylic acids is 1. The Kier molecular flexibility index (Phi) is 7.29. The van der Waals surface area contributed by atoms with Crippen LogP contribution in [0.4, 0.5) is 23.4 Å². The van der Waals surface area contributed by atoms with Crippen LogP contribution in [0.25, 0.3) is 10.8 Å². The van der Waals surface area contributed by atoms with E-state index in [4.69, 9.17) is 4.74 Å². The maximum atomic E-state index is 14.9. The number of pyridine rings is 1. The molecule has 1 saturated heterocycles. The van der Waals surface area contributed by atoms with Gasteiger partial charge in [-0.3, -0.25) is 9.59 Å². The van der Waals surface area contributed by atoms with Crippen molar-refractivity contribution >= 4 is 22.5 Å². The van der Waals surface area contributed by atoms with E-state index >= 15 is 0 Å². The number of alkyl halides is 3. The molecule has 3 heterocycles. The molecule has 1 N–H and O–H groups in total. The molecule has 1 saturated carbocycles. The minimum absolute atomic E-state index is 0.110. The molecule has 1 aliphatic heterocycles. The molecule has 218 valence electrons. The number of halogens is 4. The number of fused-ring (bicyclic) bond motifs is 1. The van der Waals surface area contributed by atoms with Crippen molar-refractivity contribution in [3.63, 3.8) is 0 Å². The number of rotatable bonds is 6. The van der Waals surface area contributed by atoms with Gasteiger partial charge in [-0.2, -0.15) is 18.3 Å². The minimum atomic E-state index is -4.49. The number of aromatic nitrogens is 3. The maximum absolute atomic E-state index is 14.9. The van der Waals surface area contributed by atoms with E-state index in [1.54, 1.807) is 29.2 Å². The van der Waals surface area contributed by atoms with E-state index in [0.29, 0.717) is 27.8 Å². The maximum Gasteiger partial charge on any atom is 0.416 e. The van der Waals surface area contributed by atoms with Crippen molar-refractivity contribution in [2.75, 3.05) is 31.1 Å². The number of aromatic amines is 1. The molecule has 0 spiro atoms. The number of carbonyl (C=O) groups is 1.